The average Bonchev–Trinajstić information content (AvgIpc) is 2.38. The normalized spacial score (nSPS) is 20.1. The molecule has 1 atom stereocenters. The highest BCUT2D eigenvalue weighted by Gasteiger charge is 2.11. The maximum atomic E-state index is 8.58. The number of aromatic nitrogens is 2. The summed E-state index contributed by atoms with van der Waals surface area (Å²) in [5, 5.41) is 15.2. The first-order valence-electron chi connectivity index (χ1n) is 5.58. The molecular weight excluding hydrogens is 202 g/mol. The van der Waals surface area contributed by atoms with Crippen LogP contribution in [0.1, 0.15) is 25.0 Å². The minimum Gasteiger partial charge on any atom is -0.367 e. The van der Waals surface area contributed by atoms with E-state index < -0.39 is 0 Å². The Kier molecular flexibility index (Phi) is 3.67. The minimum atomic E-state index is 0.348. The number of nitrogens with one attached hydrogen (secondary N) is 2. The van der Waals surface area contributed by atoms with Gasteiger partial charge < -0.3 is 10.6 Å². The molecule has 5 nitrogen and oxygen atoms in total. The van der Waals surface area contributed by atoms with E-state index in [1.165, 1.54) is 25.5 Å². The van der Waals surface area contributed by atoms with Gasteiger partial charge in [-0.05, 0) is 19.4 Å². The Morgan fingerprint density at radius 1 is 1.44 bits per heavy atom. The minimum absolute atomic E-state index is 0.348. The fraction of sp³-hybridized carbons (Fsp3) is 0.545. The quantitative estimate of drug-likeness (QED) is 0.787. The van der Waals surface area contributed by atoms with Crippen LogP contribution in [0.15, 0.2) is 12.4 Å². The standard InChI is InChI=1S/C11H15N5/c12-5-10-7-16-11(8-14-10)15-6-9-3-1-2-4-13-9/h7-9,13H,1-4,6H2,(H,15,16). The van der Waals surface area contributed by atoms with Crippen molar-refractivity contribution in [2.75, 3.05) is 18.4 Å². The molecule has 0 amide bonds. The van der Waals surface area contributed by atoms with Gasteiger partial charge in [0, 0.05) is 12.6 Å². The second kappa shape index (κ2) is 5.42. The van der Waals surface area contributed by atoms with Crippen molar-refractivity contribution in [2.45, 2.75) is 25.3 Å². The largest absolute Gasteiger partial charge is 0.367 e. The molecule has 2 heterocycles. The average molecular weight is 217 g/mol. The molecule has 2 rings (SSSR count). The Morgan fingerprint density at radius 3 is 3.00 bits per heavy atom. The molecule has 1 aromatic rings. The van der Waals surface area contributed by atoms with Crippen LogP contribution in [0.5, 0.6) is 0 Å². The van der Waals surface area contributed by atoms with E-state index in [1.807, 2.05) is 6.07 Å². The highest BCUT2D eigenvalue weighted by Crippen LogP contribution is 2.08. The summed E-state index contributed by atoms with van der Waals surface area (Å²) in [5.74, 6) is 0.728. The van der Waals surface area contributed by atoms with Crippen LogP contribution in [-0.4, -0.2) is 29.1 Å². The van der Waals surface area contributed by atoms with Crippen LogP contribution in [0.25, 0.3) is 0 Å². The van der Waals surface area contributed by atoms with Crippen LogP contribution in [0, 0.1) is 11.3 Å². The molecule has 1 saturated heterocycles. The second-order valence-electron chi connectivity index (χ2n) is 3.93. The van der Waals surface area contributed by atoms with Gasteiger partial charge in [0.05, 0.1) is 12.4 Å². The third-order valence-electron chi connectivity index (χ3n) is 2.71. The van der Waals surface area contributed by atoms with E-state index in [-0.39, 0.29) is 0 Å². The topological polar surface area (TPSA) is 73.6 Å². The Bertz CT molecular complexity index is 361. The molecule has 1 aliphatic rings. The maximum absolute atomic E-state index is 8.58. The van der Waals surface area contributed by atoms with Crippen LogP contribution < -0.4 is 10.6 Å². The van der Waals surface area contributed by atoms with Gasteiger partial charge in [0.25, 0.3) is 0 Å². The lowest BCUT2D eigenvalue weighted by Crippen LogP contribution is -2.39. The Morgan fingerprint density at radius 2 is 2.38 bits per heavy atom. The summed E-state index contributed by atoms with van der Waals surface area (Å²) in [7, 11) is 0. The van der Waals surface area contributed by atoms with E-state index in [0.29, 0.717) is 11.7 Å². The number of anilines is 1. The fourth-order valence-corrected chi connectivity index (χ4v) is 1.80. The van der Waals surface area contributed by atoms with Crippen LogP contribution >= 0.6 is 0 Å². The smallest absolute Gasteiger partial charge is 0.158 e. The van der Waals surface area contributed by atoms with Crippen LogP contribution in [0.2, 0.25) is 0 Å². The number of nitrogens with zero attached hydrogens (tertiary/aromatic N) is 3. The van der Waals surface area contributed by atoms with Gasteiger partial charge in [-0.15, -0.1) is 0 Å². The predicted octanol–water partition coefficient (Wildman–Crippen LogP) is 0.902. The lowest BCUT2D eigenvalue weighted by atomic mass is 10.1. The second-order valence-corrected chi connectivity index (χ2v) is 3.93. The molecule has 5 heteroatoms. The van der Waals surface area contributed by atoms with Crippen molar-refractivity contribution in [1.82, 2.24) is 15.3 Å². The zero-order valence-electron chi connectivity index (χ0n) is 9.11. The van der Waals surface area contributed by atoms with Crippen molar-refractivity contribution in [2.24, 2.45) is 0 Å². The summed E-state index contributed by atoms with van der Waals surface area (Å²) >= 11 is 0. The summed E-state index contributed by atoms with van der Waals surface area (Å²) in [6, 6.07) is 2.47. The zero-order valence-corrected chi connectivity index (χ0v) is 9.11. The summed E-state index contributed by atoms with van der Waals surface area (Å²) in [5.41, 5.74) is 0.348. The number of hydrogen-bond acceptors (Lipinski definition) is 5. The molecule has 1 unspecified atom stereocenters. The molecule has 0 bridgehead atoms. The van der Waals surface area contributed by atoms with Crippen molar-refractivity contribution in [3.63, 3.8) is 0 Å². The molecule has 0 radical (unpaired) electrons. The molecule has 0 aromatic carbocycles. The van der Waals surface area contributed by atoms with Gasteiger partial charge in [0.2, 0.25) is 0 Å². The SMILES string of the molecule is N#Cc1cnc(NCC2CCCCN2)cn1. The first-order valence-corrected chi connectivity index (χ1v) is 5.58. The monoisotopic (exact) mass is 217 g/mol. The van der Waals surface area contributed by atoms with E-state index in [9.17, 15) is 0 Å². The molecular formula is C11H15N5. The number of rotatable bonds is 3. The molecule has 0 spiro atoms. The molecule has 1 fully saturated rings. The predicted molar refractivity (Wildman–Crippen MR) is 60.9 cm³/mol. The highest BCUT2D eigenvalue weighted by molar-refractivity contribution is 5.33. The number of nitriles is 1. The van der Waals surface area contributed by atoms with Gasteiger partial charge in [-0.2, -0.15) is 5.26 Å². The van der Waals surface area contributed by atoms with E-state index in [1.54, 1.807) is 6.20 Å². The molecule has 1 aromatic heterocycles. The fourth-order valence-electron chi connectivity index (χ4n) is 1.80. The lowest BCUT2D eigenvalue weighted by molar-refractivity contribution is 0.414. The van der Waals surface area contributed by atoms with Crippen molar-refractivity contribution in [3.8, 4) is 6.07 Å². The molecule has 84 valence electrons. The van der Waals surface area contributed by atoms with Crippen LogP contribution in [0.3, 0.4) is 0 Å². The van der Waals surface area contributed by atoms with Gasteiger partial charge in [0.1, 0.15) is 11.9 Å². The van der Waals surface area contributed by atoms with Crippen LogP contribution in [-0.2, 0) is 0 Å². The van der Waals surface area contributed by atoms with Gasteiger partial charge in [-0.3, -0.25) is 0 Å². The highest BCUT2D eigenvalue weighted by atomic mass is 15.0. The summed E-state index contributed by atoms with van der Waals surface area (Å²) in [6.45, 7) is 1.96. The zero-order chi connectivity index (χ0) is 11.2. The molecule has 16 heavy (non-hydrogen) atoms. The Labute approximate surface area is 94.9 Å². The van der Waals surface area contributed by atoms with E-state index in [4.69, 9.17) is 5.26 Å². The first kappa shape index (κ1) is 10.8. The number of piperidine rings is 1. The summed E-state index contributed by atoms with van der Waals surface area (Å²) in [6.07, 6.45) is 6.85. The third-order valence-corrected chi connectivity index (χ3v) is 2.71. The van der Waals surface area contributed by atoms with Gasteiger partial charge in [-0.25, -0.2) is 9.97 Å². The van der Waals surface area contributed by atoms with Gasteiger partial charge in [0.15, 0.2) is 5.69 Å². The Hall–Kier alpha value is -1.67. The van der Waals surface area contributed by atoms with Crippen LogP contribution in [0.4, 0.5) is 5.82 Å². The van der Waals surface area contributed by atoms with Crippen molar-refractivity contribution in [1.29, 1.82) is 5.26 Å². The summed E-state index contributed by atoms with van der Waals surface area (Å²) < 4.78 is 0. The van der Waals surface area contributed by atoms with E-state index in [2.05, 4.69) is 20.6 Å². The van der Waals surface area contributed by atoms with E-state index in [0.717, 1.165) is 18.9 Å². The Balaban J connectivity index is 1.82. The molecule has 0 aliphatic carbocycles. The molecule has 2 N–H and O–H groups in total. The van der Waals surface area contributed by atoms with Crippen molar-refractivity contribution >= 4 is 5.82 Å². The number of hydrogen-bond donors (Lipinski definition) is 2. The summed E-state index contributed by atoms with van der Waals surface area (Å²) in [4.78, 5) is 8.06. The van der Waals surface area contributed by atoms with E-state index >= 15 is 0 Å². The molecule has 0 saturated carbocycles. The van der Waals surface area contributed by atoms with Gasteiger partial charge >= 0.3 is 0 Å². The maximum Gasteiger partial charge on any atom is 0.158 e. The third kappa shape index (κ3) is 2.91. The van der Waals surface area contributed by atoms with Crippen molar-refractivity contribution < 1.29 is 0 Å². The lowest BCUT2D eigenvalue weighted by Gasteiger charge is -2.23. The van der Waals surface area contributed by atoms with Crippen molar-refractivity contribution in [3.05, 3.63) is 18.1 Å². The first-order chi connectivity index (χ1) is 7.88. The van der Waals surface area contributed by atoms with Gasteiger partial charge in [-0.1, -0.05) is 6.42 Å². The molecule has 1 aliphatic heterocycles.